The topological polar surface area (TPSA) is 89.4 Å². The van der Waals surface area contributed by atoms with Gasteiger partial charge in [-0.15, -0.1) is 0 Å². The molecule has 1 aromatic rings. The Hall–Kier alpha value is -1.88. The first kappa shape index (κ1) is 20.8. The van der Waals surface area contributed by atoms with Gasteiger partial charge in [-0.3, -0.25) is 14.5 Å². The third-order valence-electron chi connectivity index (χ3n) is 6.60. The van der Waals surface area contributed by atoms with Gasteiger partial charge in [-0.25, -0.2) is 0 Å². The maximum Gasteiger partial charge on any atom is 0.244 e. The Morgan fingerprint density at radius 2 is 1.96 bits per heavy atom. The lowest BCUT2D eigenvalue weighted by Gasteiger charge is -2.33. The Morgan fingerprint density at radius 3 is 2.61 bits per heavy atom. The van der Waals surface area contributed by atoms with Crippen LogP contribution in [0.15, 0.2) is 18.2 Å². The van der Waals surface area contributed by atoms with Crippen LogP contribution < -0.4 is 16.4 Å². The van der Waals surface area contributed by atoms with Crippen LogP contribution in [0.3, 0.4) is 0 Å². The standard InChI is InChI=1S/C23H35N3O2/c1-3-4-10-20(22(25)27)26-21-13-15(2)11-12-17(21)18(14-19(24)23(26)28)16-8-6-5-7-9-16/h11-13,16,18-20H,3-10,14,24H2,1-2H3,(H2,25,27). The van der Waals surface area contributed by atoms with Gasteiger partial charge in [-0.05, 0) is 61.6 Å². The third-order valence-corrected chi connectivity index (χ3v) is 6.60. The second kappa shape index (κ2) is 9.08. The van der Waals surface area contributed by atoms with Gasteiger partial charge >= 0.3 is 0 Å². The van der Waals surface area contributed by atoms with E-state index in [1.54, 1.807) is 4.90 Å². The van der Waals surface area contributed by atoms with Crippen LogP contribution in [-0.4, -0.2) is 23.9 Å². The molecule has 1 heterocycles. The molecule has 0 radical (unpaired) electrons. The molecule has 2 aliphatic rings. The number of nitrogens with two attached hydrogens (primary N) is 2. The monoisotopic (exact) mass is 385 g/mol. The fourth-order valence-corrected chi connectivity index (χ4v) is 5.08. The number of benzene rings is 1. The Labute approximate surface area is 168 Å². The number of carbonyl (C=O) groups excluding carboxylic acids is 2. The SMILES string of the molecule is CCCCC(C(N)=O)N1C(=O)C(N)CC(C2CCCCC2)c2ccc(C)cc21. The molecule has 0 aromatic heterocycles. The van der Waals surface area contributed by atoms with E-state index >= 15 is 0 Å². The molecule has 0 bridgehead atoms. The minimum Gasteiger partial charge on any atom is -0.368 e. The number of amides is 2. The van der Waals surface area contributed by atoms with Crippen LogP contribution in [0.2, 0.25) is 0 Å². The van der Waals surface area contributed by atoms with Gasteiger partial charge in [0.15, 0.2) is 0 Å². The summed E-state index contributed by atoms with van der Waals surface area (Å²) in [5.74, 6) is 0.207. The number of rotatable bonds is 6. The van der Waals surface area contributed by atoms with Crippen LogP contribution in [0.5, 0.6) is 0 Å². The molecule has 1 aliphatic heterocycles. The van der Waals surface area contributed by atoms with Crippen molar-refractivity contribution < 1.29 is 9.59 Å². The van der Waals surface area contributed by atoms with Crippen molar-refractivity contribution in [3.8, 4) is 0 Å². The molecule has 1 saturated carbocycles. The minimum atomic E-state index is -0.635. The zero-order valence-electron chi connectivity index (χ0n) is 17.3. The predicted molar refractivity (Wildman–Crippen MR) is 113 cm³/mol. The van der Waals surface area contributed by atoms with Crippen molar-refractivity contribution in [1.29, 1.82) is 0 Å². The first-order valence-corrected chi connectivity index (χ1v) is 10.9. The van der Waals surface area contributed by atoms with Gasteiger partial charge in [0, 0.05) is 5.69 Å². The van der Waals surface area contributed by atoms with Crippen LogP contribution >= 0.6 is 0 Å². The maximum absolute atomic E-state index is 13.3. The zero-order valence-corrected chi connectivity index (χ0v) is 17.3. The molecule has 3 rings (SSSR count). The average Bonchev–Trinajstić information content (AvgIpc) is 2.78. The summed E-state index contributed by atoms with van der Waals surface area (Å²) in [6.45, 7) is 4.10. The number of hydrogen-bond acceptors (Lipinski definition) is 3. The molecule has 5 heteroatoms. The molecule has 5 nitrogen and oxygen atoms in total. The van der Waals surface area contributed by atoms with E-state index in [-0.39, 0.29) is 11.8 Å². The van der Waals surface area contributed by atoms with Gasteiger partial charge in [0.2, 0.25) is 11.8 Å². The van der Waals surface area contributed by atoms with E-state index in [1.807, 2.05) is 13.0 Å². The highest BCUT2D eigenvalue weighted by Crippen LogP contribution is 2.45. The summed E-state index contributed by atoms with van der Waals surface area (Å²) in [5.41, 5.74) is 15.3. The van der Waals surface area contributed by atoms with E-state index in [2.05, 4.69) is 19.1 Å². The molecule has 4 N–H and O–H groups in total. The van der Waals surface area contributed by atoms with Crippen LogP contribution in [0, 0.1) is 12.8 Å². The van der Waals surface area contributed by atoms with Crippen molar-refractivity contribution in [1.82, 2.24) is 0 Å². The molecule has 1 fully saturated rings. The number of aryl methyl sites for hydroxylation is 1. The van der Waals surface area contributed by atoms with E-state index in [9.17, 15) is 9.59 Å². The lowest BCUT2D eigenvalue weighted by atomic mass is 9.74. The number of unbranched alkanes of at least 4 members (excludes halogenated alkanes) is 1. The highest BCUT2D eigenvalue weighted by molar-refractivity contribution is 6.04. The third kappa shape index (κ3) is 4.24. The van der Waals surface area contributed by atoms with Crippen LogP contribution in [0.4, 0.5) is 5.69 Å². The number of primary amides is 1. The second-order valence-electron chi connectivity index (χ2n) is 8.68. The Balaban J connectivity index is 2.08. The highest BCUT2D eigenvalue weighted by atomic mass is 16.2. The molecule has 2 amide bonds. The normalized spacial score (nSPS) is 24.5. The number of carbonyl (C=O) groups is 2. The van der Waals surface area contributed by atoms with E-state index in [1.165, 1.54) is 37.7 Å². The maximum atomic E-state index is 13.3. The zero-order chi connectivity index (χ0) is 20.3. The average molecular weight is 386 g/mol. The second-order valence-corrected chi connectivity index (χ2v) is 8.68. The van der Waals surface area contributed by atoms with Crippen LogP contribution in [0.25, 0.3) is 0 Å². The van der Waals surface area contributed by atoms with Gasteiger partial charge in [-0.1, -0.05) is 51.2 Å². The summed E-state index contributed by atoms with van der Waals surface area (Å²) < 4.78 is 0. The summed E-state index contributed by atoms with van der Waals surface area (Å²) in [5, 5.41) is 0. The first-order chi connectivity index (χ1) is 13.4. The minimum absolute atomic E-state index is 0.162. The Bertz CT molecular complexity index is 712. The van der Waals surface area contributed by atoms with Crippen molar-refractivity contribution in [2.45, 2.75) is 89.6 Å². The molecule has 1 aliphatic carbocycles. The molecule has 1 aromatic carbocycles. The highest BCUT2D eigenvalue weighted by Gasteiger charge is 2.40. The predicted octanol–water partition coefficient (Wildman–Crippen LogP) is 3.77. The quantitative estimate of drug-likeness (QED) is 0.781. The molecular weight excluding hydrogens is 350 g/mol. The largest absolute Gasteiger partial charge is 0.368 e. The van der Waals surface area contributed by atoms with Crippen molar-refractivity contribution in [3.05, 3.63) is 29.3 Å². The Kier molecular flexibility index (Phi) is 6.76. The summed E-state index contributed by atoms with van der Waals surface area (Å²) in [4.78, 5) is 27.3. The van der Waals surface area contributed by atoms with Crippen molar-refractivity contribution in [2.24, 2.45) is 17.4 Å². The van der Waals surface area contributed by atoms with Gasteiger partial charge in [0.25, 0.3) is 0 Å². The fraction of sp³-hybridized carbons (Fsp3) is 0.652. The van der Waals surface area contributed by atoms with E-state index < -0.39 is 18.0 Å². The van der Waals surface area contributed by atoms with Gasteiger partial charge < -0.3 is 11.5 Å². The fourth-order valence-electron chi connectivity index (χ4n) is 5.08. The summed E-state index contributed by atoms with van der Waals surface area (Å²) in [7, 11) is 0. The van der Waals surface area contributed by atoms with Crippen LogP contribution in [-0.2, 0) is 9.59 Å². The van der Waals surface area contributed by atoms with Gasteiger partial charge in [-0.2, -0.15) is 0 Å². The number of hydrogen-bond donors (Lipinski definition) is 2. The molecule has 3 atom stereocenters. The number of nitrogens with zero attached hydrogens (tertiary/aromatic N) is 1. The van der Waals surface area contributed by atoms with Gasteiger partial charge in [0.1, 0.15) is 6.04 Å². The summed E-state index contributed by atoms with van der Waals surface area (Å²) in [6.07, 6.45) is 9.18. The molecular formula is C23H35N3O2. The molecule has 3 unspecified atom stereocenters. The van der Waals surface area contributed by atoms with E-state index in [0.29, 0.717) is 18.8 Å². The van der Waals surface area contributed by atoms with Gasteiger partial charge in [0.05, 0.1) is 6.04 Å². The number of fused-ring (bicyclic) bond motifs is 1. The van der Waals surface area contributed by atoms with Crippen molar-refractivity contribution in [3.63, 3.8) is 0 Å². The lowest BCUT2D eigenvalue weighted by Crippen LogP contribution is -2.53. The Morgan fingerprint density at radius 1 is 1.25 bits per heavy atom. The van der Waals surface area contributed by atoms with Crippen molar-refractivity contribution >= 4 is 17.5 Å². The molecule has 154 valence electrons. The van der Waals surface area contributed by atoms with Crippen molar-refractivity contribution in [2.75, 3.05) is 4.90 Å². The lowest BCUT2D eigenvalue weighted by molar-refractivity contribution is -0.125. The van der Waals surface area contributed by atoms with Crippen LogP contribution in [0.1, 0.15) is 81.8 Å². The van der Waals surface area contributed by atoms with E-state index in [4.69, 9.17) is 11.5 Å². The summed E-state index contributed by atoms with van der Waals surface area (Å²) in [6, 6.07) is 5.08. The smallest absolute Gasteiger partial charge is 0.244 e. The number of anilines is 1. The summed E-state index contributed by atoms with van der Waals surface area (Å²) >= 11 is 0. The molecule has 28 heavy (non-hydrogen) atoms. The molecule has 0 saturated heterocycles. The molecule has 0 spiro atoms. The first-order valence-electron chi connectivity index (χ1n) is 10.9. The van der Waals surface area contributed by atoms with E-state index in [0.717, 1.165) is 24.1 Å².